The van der Waals surface area contributed by atoms with Gasteiger partial charge in [-0.25, -0.2) is 0 Å². The first-order valence-corrected chi connectivity index (χ1v) is 4.67. The van der Waals surface area contributed by atoms with Gasteiger partial charge < -0.3 is 0 Å². The van der Waals surface area contributed by atoms with E-state index in [1.807, 2.05) is 17.8 Å². The Morgan fingerprint density at radius 2 is 2.55 bits per heavy atom. The van der Waals surface area contributed by atoms with Gasteiger partial charge >= 0.3 is 0 Å². The number of hydrogen-bond donors (Lipinski definition) is 0. The summed E-state index contributed by atoms with van der Waals surface area (Å²) < 4.78 is 0. The third kappa shape index (κ3) is 2.81. The van der Waals surface area contributed by atoms with Gasteiger partial charge in [0, 0.05) is 5.75 Å². The van der Waals surface area contributed by atoms with Gasteiger partial charge in [-0.2, -0.15) is 0 Å². The van der Waals surface area contributed by atoms with E-state index < -0.39 is 0 Å². The molecule has 0 nitrogen and oxygen atoms in total. The van der Waals surface area contributed by atoms with E-state index in [1.165, 1.54) is 11.1 Å². The van der Waals surface area contributed by atoms with Crippen molar-refractivity contribution >= 4 is 11.8 Å². The Hall–Kier alpha value is -0.690. The van der Waals surface area contributed by atoms with Crippen LogP contribution in [0.25, 0.3) is 0 Å². The summed E-state index contributed by atoms with van der Waals surface area (Å²) in [5, 5.41) is 2.17. The summed E-state index contributed by atoms with van der Waals surface area (Å²) in [6, 6.07) is 0. The summed E-state index contributed by atoms with van der Waals surface area (Å²) in [4.78, 5) is 0. The van der Waals surface area contributed by atoms with Crippen molar-refractivity contribution in [1.82, 2.24) is 0 Å². The molecule has 0 atom stereocenters. The minimum absolute atomic E-state index is 1.10. The summed E-state index contributed by atoms with van der Waals surface area (Å²) in [5.74, 6) is 1.10. The molecule has 0 aromatic carbocycles. The van der Waals surface area contributed by atoms with Crippen molar-refractivity contribution in [2.24, 2.45) is 0 Å². The molecule has 1 heteroatoms. The standard InChI is InChI=1S/C10H12S/c1-3-9(2)7-10-5-4-6-11-8-10/h3-5,7-8H,1,6H2,2H3/b9-7-. The Morgan fingerprint density at radius 3 is 3.09 bits per heavy atom. The fourth-order valence-corrected chi connectivity index (χ4v) is 1.47. The fourth-order valence-electron chi connectivity index (χ4n) is 0.827. The maximum atomic E-state index is 3.70. The first kappa shape index (κ1) is 8.41. The van der Waals surface area contributed by atoms with E-state index in [0.29, 0.717) is 0 Å². The molecule has 0 aliphatic carbocycles. The van der Waals surface area contributed by atoms with E-state index >= 15 is 0 Å². The van der Waals surface area contributed by atoms with Gasteiger partial charge in [-0.15, -0.1) is 11.8 Å². The molecule has 0 saturated heterocycles. The average molecular weight is 164 g/mol. The molecular weight excluding hydrogens is 152 g/mol. The van der Waals surface area contributed by atoms with Crippen molar-refractivity contribution < 1.29 is 0 Å². The third-order valence-corrected chi connectivity index (χ3v) is 2.26. The van der Waals surface area contributed by atoms with Crippen LogP contribution in [0.2, 0.25) is 0 Å². The molecule has 0 fully saturated rings. The molecule has 1 rings (SSSR count). The predicted octanol–water partition coefficient (Wildman–Crippen LogP) is 3.31. The lowest BCUT2D eigenvalue weighted by Gasteiger charge is -2.01. The van der Waals surface area contributed by atoms with Gasteiger partial charge in [-0.05, 0) is 17.9 Å². The topological polar surface area (TPSA) is 0 Å². The van der Waals surface area contributed by atoms with Crippen molar-refractivity contribution in [3.63, 3.8) is 0 Å². The Labute approximate surface area is 72.4 Å². The summed E-state index contributed by atoms with van der Waals surface area (Å²) in [5.41, 5.74) is 2.49. The van der Waals surface area contributed by atoms with E-state index in [-0.39, 0.29) is 0 Å². The molecular formula is C10H12S. The zero-order valence-corrected chi connectivity index (χ0v) is 7.53. The fraction of sp³-hybridized carbons (Fsp3) is 0.200. The van der Waals surface area contributed by atoms with Crippen LogP contribution in [0, 0.1) is 0 Å². The van der Waals surface area contributed by atoms with Gasteiger partial charge in [0.2, 0.25) is 0 Å². The predicted molar refractivity (Wildman–Crippen MR) is 53.6 cm³/mol. The summed E-state index contributed by atoms with van der Waals surface area (Å²) in [6.07, 6.45) is 8.32. The maximum Gasteiger partial charge on any atom is 0.0158 e. The molecule has 0 unspecified atom stereocenters. The molecule has 0 amide bonds. The highest BCUT2D eigenvalue weighted by Gasteiger charge is 1.92. The second-order valence-corrected chi connectivity index (χ2v) is 3.35. The molecule has 0 aromatic heterocycles. The lowest BCUT2D eigenvalue weighted by atomic mass is 10.2. The van der Waals surface area contributed by atoms with Gasteiger partial charge in [0.1, 0.15) is 0 Å². The molecule has 0 bridgehead atoms. The van der Waals surface area contributed by atoms with Crippen LogP contribution in [0.4, 0.5) is 0 Å². The van der Waals surface area contributed by atoms with Crippen LogP contribution >= 0.6 is 11.8 Å². The molecule has 1 heterocycles. The first-order valence-electron chi connectivity index (χ1n) is 3.62. The Balaban J connectivity index is 2.68. The molecule has 11 heavy (non-hydrogen) atoms. The second kappa shape index (κ2) is 4.24. The maximum absolute atomic E-state index is 3.70. The normalized spacial score (nSPS) is 17.9. The average Bonchev–Trinajstić information content (AvgIpc) is 2.06. The van der Waals surface area contributed by atoms with Crippen LogP contribution in [0.5, 0.6) is 0 Å². The van der Waals surface area contributed by atoms with E-state index in [0.717, 1.165) is 5.75 Å². The van der Waals surface area contributed by atoms with Crippen LogP contribution < -0.4 is 0 Å². The van der Waals surface area contributed by atoms with Crippen LogP contribution in [-0.2, 0) is 0 Å². The molecule has 1 aliphatic rings. The minimum atomic E-state index is 1.10. The van der Waals surface area contributed by atoms with Crippen molar-refractivity contribution in [2.75, 3.05) is 5.75 Å². The highest BCUT2D eigenvalue weighted by Crippen LogP contribution is 2.16. The van der Waals surface area contributed by atoms with E-state index in [4.69, 9.17) is 0 Å². The molecule has 0 radical (unpaired) electrons. The number of rotatable bonds is 2. The molecule has 58 valence electrons. The van der Waals surface area contributed by atoms with Crippen LogP contribution in [-0.4, -0.2) is 5.75 Å². The third-order valence-electron chi connectivity index (χ3n) is 1.44. The highest BCUT2D eigenvalue weighted by atomic mass is 32.2. The Morgan fingerprint density at radius 1 is 1.73 bits per heavy atom. The Bertz CT molecular complexity index is 231. The summed E-state index contributed by atoms with van der Waals surface area (Å²) >= 11 is 1.83. The van der Waals surface area contributed by atoms with Crippen molar-refractivity contribution in [3.05, 3.63) is 47.4 Å². The summed E-state index contributed by atoms with van der Waals surface area (Å²) in [7, 11) is 0. The highest BCUT2D eigenvalue weighted by molar-refractivity contribution is 8.02. The van der Waals surface area contributed by atoms with Gasteiger partial charge in [-0.1, -0.05) is 36.5 Å². The van der Waals surface area contributed by atoms with Crippen molar-refractivity contribution in [2.45, 2.75) is 6.92 Å². The smallest absolute Gasteiger partial charge is 0.0158 e. The van der Waals surface area contributed by atoms with E-state index in [1.54, 1.807) is 0 Å². The molecule has 0 N–H and O–H groups in total. The Kier molecular flexibility index (Phi) is 3.24. The van der Waals surface area contributed by atoms with Gasteiger partial charge in [0.15, 0.2) is 0 Å². The number of thioether (sulfide) groups is 1. The summed E-state index contributed by atoms with van der Waals surface area (Å²) in [6.45, 7) is 5.76. The number of allylic oxidation sites excluding steroid dienone is 5. The van der Waals surface area contributed by atoms with Crippen LogP contribution in [0.3, 0.4) is 0 Å². The number of hydrogen-bond acceptors (Lipinski definition) is 1. The van der Waals surface area contributed by atoms with Crippen LogP contribution in [0.1, 0.15) is 6.92 Å². The first-order chi connectivity index (χ1) is 5.33. The zero-order chi connectivity index (χ0) is 8.10. The van der Waals surface area contributed by atoms with E-state index in [9.17, 15) is 0 Å². The van der Waals surface area contributed by atoms with Gasteiger partial charge in [0.05, 0.1) is 0 Å². The molecule has 0 spiro atoms. The van der Waals surface area contributed by atoms with Gasteiger partial charge in [0.25, 0.3) is 0 Å². The molecule has 0 saturated carbocycles. The van der Waals surface area contributed by atoms with Crippen molar-refractivity contribution in [3.8, 4) is 0 Å². The van der Waals surface area contributed by atoms with Gasteiger partial charge in [-0.3, -0.25) is 0 Å². The lowest BCUT2D eigenvalue weighted by Crippen LogP contribution is -1.80. The monoisotopic (exact) mass is 164 g/mol. The van der Waals surface area contributed by atoms with Crippen LogP contribution in [0.15, 0.2) is 47.4 Å². The largest absolute Gasteiger partial charge is 0.129 e. The zero-order valence-electron chi connectivity index (χ0n) is 6.71. The molecule has 0 aromatic rings. The molecule has 1 aliphatic heterocycles. The van der Waals surface area contributed by atoms with Crippen molar-refractivity contribution in [1.29, 1.82) is 0 Å². The lowest BCUT2D eigenvalue weighted by molar-refractivity contribution is 1.49. The SMILES string of the molecule is C=C/C(C)=C\C1=CSCC=C1. The second-order valence-electron chi connectivity index (χ2n) is 2.45. The minimum Gasteiger partial charge on any atom is -0.129 e. The quantitative estimate of drug-likeness (QED) is 0.564. The van der Waals surface area contributed by atoms with E-state index in [2.05, 4.69) is 37.1 Å².